The summed E-state index contributed by atoms with van der Waals surface area (Å²) in [5.74, 6) is -0.0983. The molecule has 8 heteroatoms. The van der Waals surface area contributed by atoms with Crippen molar-refractivity contribution in [3.8, 4) is 5.69 Å². The maximum absolute atomic E-state index is 13.0. The second-order valence-corrected chi connectivity index (χ2v) is 7.83. The van der Waals surface area contributed by atoms with Gasteiger partial charge in [0, 0.05) is 38.2 Å². The number of hydrogen-bond donors (Lipinski definition) is 1. The lowest BCUT2D eigenvalue weighted by molar-refractivity contribution is -0.121. The first kappa shape index (κ1) is 21.3. The largest absolute Gasteiger partial charge is 0.385 e. The van der Waals surface area contributed by atoms with Crippen molar-refractivity contribution in [3.63, 3.8) is 0 Å². The van der Waals surface area contributed by atoms with Crippen molar-refractivity contribution in [1.29, 1.82) is 0 Å². The fourth-order valence-electron chi connectivity index (χ4n) is 3.18. The van der Waals surface area contributed by atoms with Crippen LogP contribution in [0.2, 0.25) is 5.02 Å². The van der Waals surface area contributed by atoms with Crippen molar-refractivity contribution in [3.05, 3.63) is 46.2 Å². The van der Waals surface area contributed by atoms with Gasteiger partial charge in [0.15, 0.2) is 0 Å². The van der Waals surface area contributed by atoms with Crippen molar-refractivity contribution < 1.29 is 14.3 Å². The molecule has 3 rings (SSSR count). The summed E-state index contributed by atoms with van der Waals surface area (Å²) in [5, 5.41) is 7.93. The monoisotopic (exact) mass is 418 g/mol. The number of rotatable bonds is 9. The zero-order chi connectivity index (χ0) is 21.0. The Labute approximate surface area is 176 Å². The van der Waals surface area contributed by atoms with Crippen LogP contribution < -0.4 is 5.32 Å². The lowest BCUT2D eigenvalue weighted by atomic mass is 10.1. The molecule has 7 nitrogen and oxygen atoms in total. The van der Waals surface area contributed by atoms with Crippen LogP contribution in [-0.4, -0.2) is 60.3 Å². The number of carbonyl (C=O) groups is 2. The molecule has 0 aliphatic heterocycles. The van der Waals surface area contributed by atoms with Crippen LogP contribution >= 0.6 is 11.6 Å². The average molecular weight is 419 g/mol. The van der Waals surface area contributed by atoms with Crippen LogP contribution in [0, 0.1) is 6.92 Å². The Bertz CT molecular complexity index is 892. The van der Waals surface area contributed by atoms with E-state index in [-0.39, 0.29) is 18.4 Å². The molecule has 1 fully saturated rings. The number of nitrogens with zero attached hydrogens (tertiary/aromatic N) is 3. The van der Waals surface area contributed by atoms with Gasteiger partial charge in [0.2, 0.25) is 5.91 Å². The number of nitrogens with one attached hydrogen (secondary N) is 1. The number of hydrogen-bond acceptors (Lipinski definition) is 4. The Morgan fingerprint density at radius 2 is 2.14 bits per heavy atom. The highest BCUT2D eigenvalue weighted by Gasteiger charge is 2.34. The van der Waals surface area contributed by atoms with Crippen molar-refractivity contribution in [1.82, 2.24) is 20.0 Å². The number of ether oxygens (including phenoxy) is 1. The standard InChI is InChI=1S/C21H27ClN4O3/c1-14-5-8-16(11-18(14)22)26-20(15-6-7-15)17(12-24-26)21(28)25(2)13-19(27)23-9-4-10-29-3/h5,8,11-12,15H,4,6-7,9-10,13H2,1-3H3,(H,23,27). The molecule has 156 valence electrons. The van der Waals surface area contributed by atoms with Crippen molar-refractivity contribution in [2.45, 2.75) is 32.1 Å². The molecule has 0 atom stereocenters. The summed E-state index contributed by atoms with van der Waals surface area (Å²) in [4.78, 5) is 26.6. The number of methoxy groups -OCH3 is 1. The highest BCUT2D eigenvalue weighted by Crippen LogP contribution is 2.42. The fourth-order valence-corrected chi connectivity index (χ4v) is 3.36. The van der Waals surface area contributed by atoms with Crippen molar-refractivity contribution in [2.75, 3.05) is 33.9 Å². The number of aromatic nitrogens is 2. The Balaban J connectivity index is 1.74. The number of amides is 2. The van der Waals surface area contributed by atoms with Gasteiger partial charge >= 0.3 is 0 Å². The van der Waals surface area contributed by atoms with Gasteiger partial charge in [0.05, 0.1) is 29.7 Å². The van der Waals surface area contributed by atoms with Gasteiger partial charge in [0.25, 0.3) is 5.91 Å². The molecule has 0 unspecified atom stereocenters. The lowest BCUT2D eigenvalue weighted by Gasteiger charge is -2.17. The van der Waals surface area contributed by atoms with E-state index in [9.17, 15) is 9.59 Å². The van der Waals surface area contributed by atoms with Crippen LogP contribution in [0.4, 0.5) is 0 Å². The number of benzene rings is 1. The van der Waals surface area contributed by atoms with Crippen LogP contribution in [0.15, 0.2) is 24.4 Å². The zero-order valence-corrected chi connectivity index (χ0v) is 17.8. The van der Waals surface area contributed by atoms with Crippen LogP contribution in [-0.2, 0) is 9.53 Å². The second-order valence-electron chi connectivity index (χ2n) is 7.42. The number of carbonyl (C=O) groups excluding carboxylic acids is 2. The maximum Gasteiger partial charge on any atom is 0.257 e. The molecule has 1 aromatic carbocycles. The molecule has 0 bridgehead atoms. The van der Waals surface area contributed by atoms with Crippen molar-refractivity contribution in [2.24, 2.45) is 0 Å². The van der Waals surface area contributed by atoms with E-state index in [2.05, 4.69) is 10.4 Å². The molecule has 1 N–H and O–H groups in total. The molecule has 1 heterocycles. The van der Waals surface area contributed by atoms with E-state index in [1.165, 1.54) is 4.90 Å². The predicted octanol–water partition coefficient (Wildman–Crippen LogP) is 2.94. The first-order chi connectivity index (χ1) is 13.9. The van der Waals surface area contributed by atoms with E-state index in [1.54, 1.807) is 25.0 Å². The normalized spacial score (nSPS) is 13.4. The predicted molar refractivity (Wildman–Crippen MR) is 112 cm³/mol. The molecule has 1 aliphatic carbocycles. The second kappa shape index (κ2) is 9.41. The third-order valence-corrected chi connectivity index (χ3v) is 5.38. The third-order valence-electron chi connectivity index (χ3n) is 4.98. The van der Waals surface area contributed by atoms with E-state index in [4.69, 9.17) is 16.3 Å². The van der Waals surface area contributed by atoms with Crippen molar-refractivity contribution >= 4 is 23.4 Å². The number of likely N-dealkylation sites (N-methyl/N-ethyl adjacent to an activating group) is 1. The van der Waals surface area contributed by atoms with Gasteiger partial charge in [-0.1, -0.05) is 17.7 Å². The molecule has 2 aromatic rings. The summed E-state index contributed by atoms with van der Waals surface area (Å²) in [5.41, 5.74) is 3.25. The summed E-state index contributed by atoms with van der Waals surface area (Å²) < 4.78 is 6.76. The Morgan fingerprint density at radius 1 is 1.38 bits per heavy atom. The molecular formula is C21H27ClN4O3. The summed E-state index contributed by atoms with van der Waals surface area (Å²) in [6, 6.07) is 5.75. The van der Waals surface area contributed by atoms with Crippen LogP contribution in [0.3, 0.4) is 0 Å². The zero-order valence-electron chi connectivity index (χ0n) is 17.1. The minimum absolute atomic E-state index is 0.00252. The summed E-state index contributed by atoms with van der Waals surface area (Å²) in [6.07, 6.45) is 4.37. The quantitative estimate of drug-likeness (QED) is 0.635. The summed E-state index contributed by atoms with van der Waals surface area (Å²) >= 11 is 6.28. The third kappa shape index (κ3) is 5.16. The van der Waals surface area contributed by atoms with Gasteiger partial charge in [-0.25, -0.2) is 4.68 Å². The molecule has 0 spiro atoms. The van der Waals surface area contributed by atoms with Gasteiger partial charge in [-0.2, -0.15) is 5.10 Å². The molecule has 1 aromatic heterocycles. The molecule has 0 radical (unpaired) electrons. The van der Waals surface area contributed by atoms with Crippen LogP contribution in [0.1, 0.15) is 46.8 Å². The number of aryl methyl sites for hydroxylation is 1. The van der Waals surface area contributed by atoms with E-state index >= 15 is 0 Å². The minimum atomic E-state index is -0.205. The Morgan fingerprint density at radius 3 is 2.79 bits per heavy atom. The number of halogens is 1. The summed E-state index contributed by atoms with van der Waals surface area (Å²) in [7, 11) is 3.25. The van der Waals surface area contributed by atoms with Gasteiger partial charge in [0.1, 0.15) is 0 Å². The topological polar surface area (TPSA) is 76.5 Å². The first-order valence-corrected chi connectivity index (χ1v) is 10.2. The highest BCUT2D eigenvalue weighted by atomic mass is 35.5. The molecular weight excluding hydrogens is 392 g/mol. The SMILES string of the molecule is COCCCNC(=O)CN(C)C(=O)c1cnn(-c2ccc(C)c(Cl)c2)c1C1CC1. The maximum atomic E-state index is 13.0. The minimum Gasteiger partial charge on any atom is -0.385 e. The van der Waals surface area contributed by atoms with Gasteiger partial charge < -0.3 is 15.0 Å². The molecule has 0 saturated heterocycles. The highest BCUT2D eigenvalue weighted by molar-refractivity contribution is 6.31. The van der Waals surface area contributed by atoms with Gasteiger partial charge in [-0.15, -0.1) is 0 Å². The smallest absolute Gasteiger partial charge is 0.257 e. The van der Waals surface area contributed by atoms with Crippen LogP contribution in [0.5, 0.6) is 0 Å². The van der Waals surface area contributed by atoms with E-state index in [0.29, 0.717) is 29.7 Å². The fraction of sp³-hybridized carbons (Fsp3) is 0.476. The summed E-state index contributed by atoms with van der Waals surface area (Å²) in [6.45, 7) is 3.05. The van der Waals surface area contributed by atoms with Crippen LogP contribution in [0.25, 0.3) is 5.69 Å². The van der Waals surface area contributed by atoms with E-state index in [1.807, 2.05) is 25.1 Å². The Kier molecular flexibility index (Phi) is 6.92. The molecule has 29 heavy (non-hydrogen) atoms. The lowest BCUT2D eigenvalue weighted by Crippen LogP contribution is -2.39. The van der Waals surface area contributed by atoms with Gasteiger partial charge in [-0.3, -0.25) is 9.59 Å². The van der Waals surface area contributed by atoms with Gasteiger partial charge in [-0.05, 0) is 43.9 Å². The molecule has 1 aliphatic rings. The molecule has 2 amide bonds. The van der Waals surface area contributed by atoms with E-state index in [0.717, 1.165) is 36.2 Å². The Hall–Kier alpha value is -2.38. The van der Waals surface area contributed by atoms with E-state index < -0.39 is 0 Å². The first-order valence-electron chi connectivity index (χ1n) is 9.78. The molecule has 1 saturated carbocycles. The average Bonchev–Trinajstić information content (AvgIpc) is 3.44.